The number of carboxylic acid groups (broad SMARTS) is 1. The van der Waals surface area contributed by atoms with Crippen LogP contribution in [0.5, 0.6) is 0 Å². The summed E-state index contributed by atoms with van der Waals surface area (Å²) in [5, 5.41) is 9.74. The van der Waals surface area contributed by atoms with E-state index < -0.39 is 67.3 Å². The number of aromatic nitrogens is 3. The van der Waals surface area contributed by atoms with E-state index in [-0.39, 0.29) is 85.1 Å². The fourth-order valence-electron chi connectivity index (χ4n) is 11.3. The van der Waals surface area contributed by atoms with Crippen LogP contribution in [0.3, 0.4) is 0 Å². The van der Waals surface area contributed by atoms with Crippen molar-refractivity contribution >= 4 is 67.3 Å². The molecular formula is C61H78F12N10O4. The second-order valence-electron chi connectivity index (χ2n) is 22.4. The number of nitrogens with two attached hydrogens (primary N) is 4. The quantitative estimate of drug-likeness (QED) is 0.0679. The number of anilines is 3. The second kappa shape index (κ2) is 31.3. The first-order chi connectivity index (χ1) is 39.9. The Bertz CT molecular complexity index is 3070. The van der Waals surface area contributed by atoms with Crippen molar-refractivity contribution in [1.82, 2.24) is 15.0 Å². The van der Waals surface area contributed by atoms with Crippen LogP contribution in [0.25, 0.3) is 32.7 Å². The van der Waals surface area contributed by atoms with Crippen molar-refractivity contribution in [3.8, 4) is 0 Å². The Hall–Kier alpha value is -6.90. The molecule has 3 aliphatic heterocycles. The van der Waals surface area contributed by atoms with E-state index in [0.717, 1.165) is 30.6 Å². The average molecular weight is 1240 g/mol. The predicted octanol–water partition coefficient (Wildman–Crippen LogP) is 13.0. The molecule has 6 aromatic rings. The Balaban J connectivity index is 0.000000266. The lowest BCUT2D eigenvalue weighted by Crippen LogP contribution is -2.47. The second-order valence-corrected chi connectivity index (χ2v) is 22.4. The van der Waals surface area contributed by atoms with Crippen LogP contribution in [0.2, 0.25) is 0 Å². The van der Waals surface area contributed by atoms with Crippen molar-refractivity contribution in [3.63, 3.8) is 0 Å². The number of nitrogens with zero attached hydrogens (tertiary/aromatic N) is 6. The molecule has 14 nitrogen and oxygen atoms in total. The molecule has 3 fully saturated rings. The van der Waals surface area contributed by atoms with Crippen molar-refractivity contribution in [2.45, 2.75) is 130 Å². The van der Waals surface area contributed by atoms with Gasteiger partial charge in [0, 0.05) is 127 Å². The number of halogens is 12. The van der Waals surface area contributed by atoms with Crippen LogP contribution in [0.1, 0.15) is 111 Å². The molecular weight excluding hydrogens is 1160 g/mol. The molecule has 3 aromatic heterocycles. The zero-order chi connectivity index (χ0) is 62.8. The molecule has 480 valence electrons. The molecule has 0 spiro atoms. The number of hydrogen-bond acceptors (Lipinski definition) is 13. The number of ketones is 2. The predicted molar refractivity (Wildman–Crippen MR) is 315 cm³/mol. The van der Waals surface area contributed by atoms with E-state index in [1.54, 1.807) is 54.7 Å². The van der Waals surface area contributed by atoms with E-state index in [9.17, 15) is 67.1 Å². The summed E-state index contributed by atoms with van der Waals surface area (Å²) in [7, 11) is 0. The number of carbonyl (C=O) groups excluding carboxylic acids is 2. The molecule has 3 saturated heterocycles. The monoisotopic (exact) mass is 1240 g/mol. The van der Waals surface area contributed by atoms with Crippen LogP contribution in [-0.4, -0.2) is 113 Å². The van der Waals surface area contributed by atoms with Crippen LogP contribution in [0, 0.1) is 29.6 Å². The molecule has 0 radical (unpaired) electrons. The van der Waals surface area contributed by atoms with E-state index in [0.29, 0.717) is 72.6 Å². The molecule has 3 aromatic carbocycles. The minimum Gasteiger partial charge on any atom is -0.480 e. The number of carbonyl (C=O) groups is 3. The van der Waals surface area contributed by atoms with E-state index in [1.807, 2.05) is 29.7 Å². The lowest BCUT2D eigenvalue weighted by molar-refractivity contribution is -0.163. The van der Waals surface area contributed by atoms with Gasteiger partial charge in [-0.15, -0.1) is 0 Å². The van der Waals surface area contributed by atoms with Crippen molar-refractivity contribution in [3.05, 3.63) is 108 Å². The maximum atomic E-state index is 13.3. The molecule has 26 heteroatoms. The van der Waals surface area contributed by atoms with Gasteiger partial charge in [0.15, 0.2) is 23.7 Å². The fraction of sp³-hybridized carbons (Fsp3) is 0.508. The zero-order valence-electron chi connectivity index (χ0n) is 47.1. The number of alkyl halides is 12. The molecule has 0 amide bonds. The number of pyridine rings is 3. The summed E-state index contributed by atoms with van der Waals surface area (Å²) in [4.78, 5) is 51.9. The van der Waals surface area contributed by atoms with E-state index in [4.69, 9.17) is 28.0 Å². The lowest BCUT2D eigenvalue weighted by Gasteiger charge is -2.38. The van der Waals surface area contributed by atoms with Crippen molar-refractivity contribution in [2.24, 2.45) is 52.5 Å². The molecule has 0 saturated carbocycles. The molecule has 9 rings (SSSR count). The number of piperidine rings is 3. The van der Waals surface area contributed by atoms with Gasteiger partial charge in [0.25, 0.3) is 19.3 Å². The summed E-state index contributed by atoms with van der Waals surface area (Å²) in [6.07, 6.45) is -11.3. The molecule has 0 aliphatic carbocycles. The highest BCUT2D eigenvalue weighted by Crippen LogP contribution is 2.40. The molecule has 9 atom stereocenters. The van der Waals surface area contributed by atoms with Crippen molar-refractivity contribution in [1.29, 1.82) is 0 Å². The van der Waals surface area contributed by atoms with E-state index >= 15 is 0 Å². The first-order valence-electron chi connectivity index (χ1n) is 27.5. The molecule has 9 N–H and O–H groups in total. The normalized spacial score (nSPS) is 20.9. The smallest absolute Gasteiger partial charge is 0.410 e. The maximum absolute atomic E-state index is 13.3. The number of Topliss-reactive ketones (excluding diaryl/α,β-unsaturated/α-hetero) is 2. The van der Waals surface area contributed by atoms with Gasteiger partial charge in [0.1, 0.15) is 6.04 Å². The van der Waals surface area contributed by atoms with Gasteiger partial charge in [0.2, 0.25) is 0 Å². The third-order valence-corrected chi connectivity index (χ3v) is 15.0. The fourth-order valence-corrected chi connectivity index (χ4v) is 11.3. The minimum absolute atomic E-state index is 0. The molecule has 3 unspecified atom stereocenters. The first kappa shape index (κ1) is 72.6. The van der Waals surface area contributed by atoms with Gasteiger partial charge in [-0.2, -0.15) is 26.3 Å². The van der Waals surface area contributed by atoms with Gasteiger partial charge < -0.3 is 42.7 Å². The number of fused-ring (bicyclic) bond motifs is 3. The average Bonchev–Trinajstić information content (AvgIpc) is 2.05. The molecule has 6 heterocycles. The third-order valence-electron chi connectivity index (χ3n) is 15.0. The Morgan fingerprint density at radius 2 is 0.805 bits per heavy atom. The summed E-state index contributed by atoms with van der Waals surface area (Å²) < 4.78 is 156. The van der Waals surface area contributed by atoms with Gasteiger partial charge in [-0.05, 0) is 129 Å². The first-order valence-corrected chi connectivity index (χ1v) is 27.5. The topological polar surface area (TPSA) is 224 Å². The minimum atomic E-state index is -4.76. The Kier molecular flexibility index (Phi) is 26.1. The van der Waals surface area contributed by atoms with Gasteiger partial charge >= 0.3 is 18.3 Å². The van der Waals surface area contributed by atoms with Crippen LogP contribution in [-0.2, 0) is 14.4 Å². The largest absolute Gasteiger partial charge is 0.480 e. The van der Waals surface area contributed by atoms with Gasteiger partial charge in [-0.25, -0.2) is 26.3 Å². The van der Waals surface area contributed by atoms with Crippen LogP contribution < -0.4 is 37.6 Å². The Morgan fingerprint density at radius 1 is 0.517 bits per heavy atom. The van der Waals surface area contributed by atoms with Gasteiger partial charge in [0.05, 0.1) is 16.6 Å². The van der Waals surface area contributed by atoms with Crippen molar-refractivity contribution in [2.75, 3.05) is 54.0 Å². The highest BCUT2D eigenvalue weighted by Gasteiger charge is 2.44. The van der Waals surface area contributed by atoms with E-state index in [1.165, 1.54) is 37.5 Å². The summed E-state index contributed by atoms with van der Waals surface area (Å²) in [6.45, 7) is 11.0. The third kappa shape index (κ3) is 19.1. The number of rotatable bonds is 13. The summed E-state index contributed by atoms with van der Waals surface area (Å²) in [6, 6.07) is 13.9. The number of hydrogen-bond donors (Lipinski definition) is 5. The number of aliphatic carboxylic acids is 1. The standard InChI is InChI=1S/2C20H22F5N3O.C16H19F2N3.C3H7NO2.2CH4/c2*1-11-7-12(8-16(29)18(26)20(23,24)25)10-28(9-11)15-5-4-14(19(21)22)17-13(15)3-2-6-27-17;1-10-7-11(19)9-21(8-10)14-5-4-13(16(17)18)15-12(14)3-2-6-20-15;1-2(4)3(5)6;;/h2*2-6,11-12,18-19H,7-10,26H2,1H3;2-6,10-11,16H,7-9,19H2,1H3;2H,4H2,1H3,(H,5,6);2*1H4/t2*11-,12-,18?;10-,11+;;;/m001.../s1. The summed E-state index contributed by atoms with van der Waals surface area (Å²) >= 11 is 0. The Morgan fingerprint density at radius 3 is 1.07 bits per heavy atom. The molecule has 87 heavy (non-hydrogen) atoms. The highest BCUT2D eigenvalue weighted by molar-refractivity contribution is 5.96. The zero-order valence-corrected chi connectivity index (χ0v) is 47.1. The SMILES string of the molecule is C.C.CC(N)C(=O)O.C[C@@H]1C[C@H](N)CN(c2ccc(C(F)F)c3ncccc23)C1.C[C@H]1C[C@@H](CC(=O)C(N)C(F)(F)F)CN(c2ccc(C(F)F)c3ncccc23)C1.C[C@H]1C[C@@H](CC(=O)C(N)C(F)(F)F)CN(c2ccc(C(F)F)c3ncccc23)C1. The molecule has 0 bridgehead atoms. The van der Waals surface area contributed by atoms with Crippen molar-refractivity contribution < 1.29 is 72.2 Å². The Labute approximate surface area is 498 Å². The maximum Gasteiger partial charge on any atom is 0.410 e. The van der Waals surface area contributed by atoms with E-state index in [2.05, 4.69) is 26.8 Å². The van der Waals surface area contributed by atoms with Crippen LogP contribution in [0.15, 0.2) is 91.4 Å². The van der Waals surface area contributed by atoms with Crippen LogP contribution >= 0.6 is 0 Å². The summed E-state index contributed by atoms with van der Waals surface area (Å²) in [5.74, 6) is -2.91. The number of carboxylic acids is 1. The molecule has 3 aliphatic rings. The van der Waals surface area contributed by atoms with Gasteiger partial charge in [-0.3, -0.25) is 29.3 Å². The highest BCUT2D eigenvalue weighted by atomic mass is 19.4. The van der Waals surface area contributed by atoms with Crippen LogP contribution in [0.4, 0.5) is 69.7 Å². The summed E-state index contributed by atoms with van der Waals surface area (Å²) in [5.41, 5.74) is 23.8. The number of benzene rings is 3. The van der Waals surface area contributed by atoms with Gasteiger partial charge in [-0.1, -0.05) is 35.6 Å². The lowest BCUT2D eigenvalue weighted by atomic mass is 9.85.